The van der Waals surface area contributed by atoms with Crippen molar-refractivity contribution < 1.29 is 19.0 Å². The summed E-state index contributed by atoms with van der Waals surface area (Å²) in [6, 6.07) is 13.7. The quantitative estimate of drug-likeness (QED) is 0.542. The molecule has 0 unspecified atom stereocenters. The summed E-state index contributed by atoms with van der Waals surface area (Å²) in [7, 11) is 4.63. The van der Waals surface area contributed by atoms with Gasteiger partial charge in [0, 0.05) is 43.7 Å². The van der Waals surface area contributed by atoms with Crippen LogP contribution in [0.5, 0.6) is 17.2 Å². The monoisotopic (exact) mass is 453 g/mol. The normalized spacial score (nSPS) is 14.3. The lowest BCUT2D eigenvalue weighted by molar-refractivity contribution is 0.0623. The van der Waals surface area contributed by atoms with Gasteiger partial charge in [-0.1, -0.05) is 30.3 Å². The summed E-state index contributed by atoms with van der Waals surface area (Å²) in [5.74, 6) is 1.29. The van der Waals surface area contributed by atoms with E-state index < -0.39 is 0 Å². The van der Waals surface area contributed by atoms with E-state index in [0.29, 0.717) is 35.9 Å². The zero-order valence-electron chi connectivity index (χ0n) is 18.5. The highest BCUT2D eigenvalue weighted by atomic mass is 32.1. The molecule has 2 heterocycles. The summed E-state index contributed by atoms with van der Waals surface area (Å²) >= 11 is 1.67. The van der Waals surface area contributed by atoms with Crippen LogP contribution in [-0.4, -0.2) is 68.2 Å². The Bertz CT molecular complexity index is 1060. The lowest BCUT2D eigenvalue weighted by atomic mass is 10.1. The Kier molecular flexibility index (Phi) is 6.92. The molecule has 0 N–H and O–H groups in total. The summed E-state index contributed by atoms with van der Waals surface area (Å²) in [5.41, 5.74) is 2.68. The van der Waals surface area contributed by atoms with Gasteiger partial charge in [-0.15, -0.1) is 11.3 Å². The molecule has 1 saturated heterocycles. The third kappa shape index (κ3) is 4.56. The number of rotatable bonds is 7. The van der Waals surface area contributed by atoms with Crippen LogP contribution in [0.2, 0.25) is 0 Å². The number of ether oxygens (including phenoxy) is 3. The van der Waals surface area contributed by atoms with Gasteiger partial charge in [-0.3, -0.25) is 9.69 Å². The van der Waals surface area contributed by atoms with Gasteiger partial charge in [0.05, 0.1) is 32.6 Å². The standard InChI is InChI=1S/C24H27N3O4S/c1-29-20-10-9-19(21(30-2)22(20)31-3)24(28)27-13-11-26(12-14-27)15-18-16-32-23(25-18)17-7-5-4-6-8-17/h4-10,16H,11-15H2,1-3H3. The fourth-order valence-electron chi connectivity index (χ4n) is 3.87. The van der Waals surface area contributed by atoms with E-state index in [4.69, 9.17) is 19.2 Å². The molecule has 0 aliphatic carbocycles. The van der Waals surface area contributed by atoms with E-state index in [-0.39, 0.29) is 5.91 Å². The zero-order valence-corrected chi connectivity index (χ0v) is 19.4. The number of hydrogen-bond acceptors (Lipinski definition) is 7. The van der Waals surface area contributed by atoms with Crippen molar-refractivity contribution >= 4 is 17.2 Å². The van der Waals surface area contributed by atoms with Crippen molar-refractivity contribution in [2.75, 3.05) is 47.5 Å². The first kappa shape index (κ1) is 22.1. The molecule has 32 heavy (non-hydrogen) atoms. The molecule has 2 aromatic carbocycles. The van der Waals surface area contributed by atoms with Gasteiger partial charge in [0.2, 0.25) is 5.75 Å². The molecule has 1 aromatic heterocycles. The lowest BCUT2D eigenvalue weighted by Crippen LogP contribution is -2.48. The van der Waals surface area contributed by atoms with Crippen molar-refractivity contribution in [3.63, 3.8) is 0 Å². The highest BCUT2D eigenvalue weighted by molar-refractivity contribution is 7.13. The molecule has 8 heteroatoms. The Labute approximate surface area is 192 Å². The molecule has 0 radical (unpaired) electrons. The minimum atomic E-state index is -0.0672. The predicted molar refractivity (Wildman–Crippen MR) is 125 cm³/mol. The Morgan fingerprint density at radius 1 is 0.938 bits per heavy atom. The van der Waals surface area contributed by atoms with Gasteiger partial charge in [0.1, 0.15) is 5.01 Å². The Morgan fingerprint density at radius 2 is 1.66 bits per heavy atom. The van der Waals surface area contributed by atoms with Gasteiger partial charge in [-0.25, -0.2) is 4.98 Å². The minimum Gasteiger partial charge on any atom is -0.493 e. The van der Waals surface area contributed by atoms with Gasteiger partial charge in [0.15, 0.2) is 11.5 Å². The maximum Gasteiger partial charge on any atom is 0.257 e. The highest BCUT2D eigenvalue weighted by Crippen LogP contribution is 2.40. The molecule has 1 aliphatic rings. The van der Waals surface area contributed by atoms with Crippen molar-refractivity contribution in [1.82, 2.24) is 14.8 Å². The average Bonchev–Trinajstić information content (AvgIpc) is 3.32. The second-order valence-corrected chi connectivity index (χ2v) is 8.32. The van der Waals surface area contributed by atoms with Crippen LogP contribution >= 0.6 is 11.3 Å². The summed E-state index contributed by atoms with van der Waals surface area (Å²) in [6.07, 6.45) is 0. The van der Waals surface area contributed by atoms with E-state index >= 15 is 0 Å². The van der Waals surface area contributed by atoms with Crippen molar-refractivity contribution in [2.24, 2.45) is 0 Å². The first-order chi connectivity index (χ1) is 15.6. The van der Waals surface area contributed by atoms with Crippen molar-refractivity contribution in [2.45, 2.75) is 6.54 Å². The lowest BCUT2D eigenvalue weighted by Gasteiger charge is -2.34. The van der Waals surface area contributed by atoms with Gasteiger partial charge < -0.3 is 19.1 Å². The number of benzene rings is 2. The van der Waals surface area contributed by atoms with Crippen molar-refractivity contribution in [1.29, 1.82) is 0 Å². The topological polar surface area (TPSA) is 64.1 Å². The average molecular weight is 454 g/mol. The molecule has 0 atom stereocenters. The Balaban J connectivity index is 1.39. The molecular formula is C24H27N3O4S. The number of nitrogens with zero attached hydrogens (tertiary/aromatic N) is 3. The molecule has 4 rings (SSSR count). The molecule has 3 aromatic rings. The number of carbonyl (C=O) groups excluding carboxylic acids is 1. The number of piperazine rings is 1. The van der Waals surface area contributed by atoms with Crippen LogP contribution in [0.25, 0.3) is 10.6 Å². The molecule has 1 amide bonds. The summed E-state index contributed by atoms with van der Waals surface area (Å²) < 4.78 is 16.2. The number of thiazole rings is 1. The third-order valence-electron chi connectivity index (χ3n) is 5.55. The fourth-order valence-corrected chi connectivity index (χ4v) is 4.69. The number of aromatic nitrogens is 1. The van der Waals surface area contributed by atoms with Gasteiger partial charge in [-0.2, -0.15) is 0 Å². The molecule has 7 nitrogen and oxygen atoms in total. The van der Waals surface area contributed by atoms with E-state index in [1.165, 1.54) is 14.2 Å². The van der Waals surface area contributed by atoms with E-state index in [1.54, 1.807) is 30.6 Å². The summed E-state index contributed by atoms with van der Waals surface area (Å²) in [5, 5.41) is 3.16. The number of methoxy groups -OCH3 is 3. The Hall–Kier alpha value is -3.10. The van der Waals surface area contributed by atoms with Crippen LogP contribution < -0.4 is 14.2 Å². The minimum absolute atomic E-state index is 0.0672. The molecule has 1 fully saturated rings. The number of amides is 1. The largest absolute Gasteiger partial charge is 0.493 e. The Morgan fingerprint density at radius 3 is 2.31 bits per heavy atom. The first-order valence-electron chi connectivity index (χ1n) is 10.4. The zero-order chi connectivity index (χ0) is 22.5. The van der Waals surface area contributed by atoms with Gasteiger partial charge >= 0.3 is 0 Å². The van der Waals surface area contributed by atoms with E-state index in [9.17, 15) is 4.79 Å². The second kappa shape index (κ2) is 10.0. The molecular weight excluding hydrogens is 426 g/mol. The number of hydrogen-bond donors (Lipinski definition) is 0. The second-order valence-electron chi connectivity index (χ2n) is 7.46. The van der Waals surface area contributed by atoms with E-state index in [1.807, 2.05) is 23.1 Å². The van der Waals surface area contributed by atoms with Gasteiger partial charge in [-0.05, 0) is 12.1 Å². The highest BCUT2D eigenvalue weighted by Gasteiger charge is 2.27. The summed E-state index contributed by atoms with van der Waals surface area (Å²) in [4.78, 5) is 22.2. The van der Waals surface area contributed by atoms with E-state index in [0.717, 1.165) is 35.9 Å². The van der Waals surface area contributed by atoms with Crippen LogP contribution in [-0.2, 0) is 6.54 Å². The maximum absolute atomic E-state index is 13.2. The van der Waals surface area contributed by atoms with Crippen molar-refractivity contribution in [3.8, 4) is 27.8 Å². The molecule has 1 aliphatic heterocycles. The van der Waals surface area contributed by atoms with E-state index in [2.05, 4.69) is 22.4 Å². The van der Waals surface area contributed by atoms with Crippen LogP contribution in [0, 0.1) is 0 Å². The van der Waals surface area contributed by atoms with Gasteiger partial charge in [0.25, 0.3) is 5.91 Å². The van der Waals surface area contributed by atoms with Crippen LogP contribution in [0.4, 0.5) is 0 Å². The number of carbonyl (C=O) groups is 1. The molecule has 0 spiro atoms. The molecule has 0 saturated carbocycles. The third-order valence-corrected chi connectivity index (χ3v) is 6.49. The van der Waals surface area contributed by atoms with Crippen LogP contribution in [0.1, 0.15) is 16.1 Å². The fraction of sp³-hybridized carbons (Fsp3) is 0.333. The van der Waals surface area contributed by atoms with Crippen molar-refractivity contribution in [3.05, 3.63) is 59.1 Å². The summed E-state index contributed by atoms with van der Waals surface area (Å²) in [6.45, 7) is 3.65. The van der Waals surface area contributed by atoms with Crippen LogP contribution in [0.15, 0.2) is 47.8 Å². The molecule has 0 bridgehead atoms. The first-order valence-corrected chi connectivity index (χ1v) is 11.3. The smallest absolute Gasteiger partial charge is 0.257 e. The molecule has 168 valence electrons. The van der Waals surface area contributed by atoms with Crippen LogP contribution in [0.3, 0.4) is 0 Å². The SMILES string of the molecule is COc1ccc(C(=O)N2CCN(Cc3csc(-c4ccccc4)n3)CC2)c(OC)c1OC. The maximum atomic E-state index is 13.2. The predicted octanol–water partition coefficient (Wildman–Crippen LogP) is 3.79.